The van der Waals surface area contributed by atoms with Crippen molar-refractivity contribution in [3.8, 4) is 5.75 Å². The molecule has 8 nitrogen and oxygen atoms in total. The van der Waals surface area contributed by atoms with Gasteiger partial charge in [0.25, 0.3) is 5.91 Å². The first-order chi connectivity index (χ1) is 14.6. The number of hydrogen-bond acceptors (Lipinski definition) is 6. The zero-order valence-electron chi connectivity index (χ0n) is 18.8. The van der Waals surface area contributed by atoms with Gasteiger partial charge in [-0.1, -0.05) is 18.2 Å². The van der Waals surface area contributed by atoms with Gasteiger partial charge in [0.05, 0.1) is 18.2 Å². The molecule has 31 heavy (non-hydrogen) atoms. The van der Waals surface area contributed by atoms with Crippen LogP contribution in [0.4, 0.5) is 4.79 Å². The molecule has 4 rings (SSSR count). The summed E-state index contributed by atoms with van der Waals surface area (Å²) >= 11 is 0. The van der Waals surface area contributed by atoms with Gasteiger partial charge in [-0.25, -0.2) is 4.79 Å². The van der Waals surface area contributed by atoms with E-state index < -0.39 is 28.9 Å². The SMILES string of the molecule is COCc1ccccc1OCC(=O)NC12CCC(NC(=O)OC(C)(C)C)(CC1)[C@H](O)C2. The molecule has 3 aliphatic carbocycles. The third-order valence-corrected chi connectivity index (χ3v) is 6.11. The minimum absolute atomic E-state index is 0.111. The second kappa shape index (κ2) is 9.04. The fourth-order valence-electron chi connectivity index (χ4n) is 4.56. The van der Waals surface area contributed by atoms with E-state index in [1.165, 1.54) is 0 Å². The summed E-state index contributed by atoms with van der Waals surface area (Å²) in [5, 5.41) is 16.8. The highest BCUT2D eigenvalue weighted by Gasteiger charge is 2.55. The van der Waals surface area contributed by atoms with E-state index in [0.717, 1.165) is 5.56 Å². The Bertz CT molecular complexity index is 796. The van der Waals surface area contributed by atoms with Crippen molar-refractivity contribution in [1.82, 2.24) is 10.6 Å². The average Bonchev–Trinajstić information content (AvgIpc) is 2.67. The summed E-state index contributed by atoms with van der Waals surface area (Å²) in [6.07, 6.45) is 1.60. The molecule has 0 aliphatic heterocycles. The standard InChI is InChI=1S/C23H34N2O6/c1-21(2,3)31-20(28)25-23-11-9-22(10-12-23,13-18(23)26)24-19(27)15-30-17-8-6-5-7-16(17)14-29-4/h5-8,18,26H,9-15H2,1-4H3,(H,24,27)(H,25,28)/t18-,22?,23?/m1/s1. The average molecular weight is 435 g/mol. The molecular formula is C23H34N2O6. The van der Waals surface area contributed by atoms with Crippen molar-refractivity contribution < 1.29 is 28.9 Å². The van der Waals surface area contributed by atoms with Crippen LogP contribution >= 0.6 is 0 Å². The van der Waals surface area contributed by atoms with Crippen molar-refractivity contribution in [3.63, 3.8) is 0 Å². The molecule has 2 amide bonds. The molecule has 0 aromatic heterocycles. The number of rotatable bonds is 7. The van der Waals surface area contributed by atoms with Crippen LogP contribution in [-0.4, -0.2) is 53.6 Å². The van der Waals surface area contributed by atoms with Crippen LogP contribution in [0.5, 0.6) is 5.75 Å². The first-order valence-electron chi connectivity index (χ1n) is 10.8. The fraction of sp³-hybridized carbons (Fsp3) is 0.652. The summed E-state index contributed by atoms with van der Waals surface area (Å²) < 4.78 is 16.2. The zero-order chi connectivity index (χ0) is 22.7. The molecular weight excluding hydrogens is 400 g/mol. The van der Waals surface area contributed by atoms with Gasteiger partial charge < -0.3 is 30.0 Å². The molecule has 2 bridgehead atoms. The molecule has 0 heterocycles. The van der Waals surface area contributed by atoms with E-state index in [4.69, 9.17) is 14.2 Å². The second-order valence-electron chi connectivity index (χ2n) is 9.66. The lowest BCUT2D eigenvalue weighted by Gasteiger charge is -2.56. The lowest BCUT2D eigenvalue weighted by atomic mass is 9.60. The predicted molar refractivity (Wildman–Crippen MR) is 115 cm³/mol. The highest BCUT2D eigenvalue weighted by molar-refractivity contribution is 5.78. The highest BCUT2D eigenvalue weighted by atomic mass is 16.6. The zero-order valence-corrected chi connectivity index (χ0v) is 18.8. The summed E-state index contributed by atoms with van der Waals surface area (Å²) in [6, 6.07) is 7.44. The van der Waals surface area contributed by atoms with Gasteiger partial charge in [0, 0.05) is 18.2 Å². The molecule has 8 heteroatoms. The Balaban J connectivity index is 1.55. The van der Waals surface area contributed by atoms with Crippen LogP contribution in [-0.2, 0) is 20.9 Å². The number of amides is 2. The van der Waals surface area contributed by atoms with Crippen molar-refractivity contribution in [1.29, 1.82) is 0 Å². The van der Waals surface area contributed by atoms with Crippen LogP contribution in [0.2, 0.25) is 0 Å². The molecule has 1 atom stereocenters. The van der Waals surface area contributed by atoms with Gasteiger partial charge in [-0.15, -0.1) is 0 Å². The van der Waals surface area contributed by atoms with Gasteiger partial charge in [-0.3, -0.25) is 4.79 Å². The van der Waals surface area contributed by atoms with Gasteiger partial charge in [0.2, 0.25) is 0 Å². The third-order valence-electron chi connectivity index (χ3n) is 6.11. The van der Waals surface area contributed by atoms with E-state index in [9.17, 15) is 14.7 Å². The lowest BCUT2D eigenvalue weighted by Crippen LogP contribution is -2.70. The van der Waals surface area contributed by atoms with Crippen LogP contribution in [0.1, 0.15) is 58.4 Å². The fourth-order valence-corrected chi connectivity index (χ4v) is 4.56. The number of benzene rings is 1. The summed E-state index contributed by atoms with van der Waals surface area (Å²) in [5.41, 5.74) is -0.915. The Morgan fingerprint density at radius 3 is 2.42 bits per heavy atom. The molecule has 0 unspecified atom stereocenters. The Labute approximate surface area is 183 Å². The summed E-state index contributed by atoms with van der Waals surface area (Å²) in [4.78, 5) is 24.9. The first kappa shape index (κ1) is 23.3. The van der Waals surface area contributed by atoms with E-state index in [0.29, 0.717) is 44.5 Å². The molecule has 0 radical (unpaired) electrons. The second-order valence-corrected chi connectivity index (χ2v) is 9.66. The quantitative estimate of drug-likeness (QED) is 0.609. The van der Waals surface area contributed by atoms with Gasteiger partial charge in [-0.2, -0.15) is 0 Å². The van der Waals surface area contributed by atoms with Crippen molar-refractivity contribution in [2.75, 3.05) is 13.7 Å². The molecule has 0 spiro atoms. The van der Waals surface area contributed by atoms with E-state index >= 15 is 0 Å². The van der Waals surface area contributed by atoms with Gasteiger partial charge in [0.15, 0.2) is 6.61 Å². The largest absolute Gasteiger partial charge is 0.483 e. The van der Waals surface area contributed by atoms with E-state index in [-0.39, 0.29) is 12.5 Å². The molecule has 3 aliphatic rings. The number of alkyl carbamates (subject to hydrolysis) is 1. The Kier molecular flexibility index (Phi) is 6.81. The molecule has 3 N–H and O–H groups in total. The smallest absolute Gasteiger partial charge is 0.408 e. The third kappa shape index (κ3) is 5.68. The number of para-hydroxylation sites is 1. The number of nitrogens with one attached hydrogen (secondary N) is 2. The monoisotopic (exact) mass is 434 g/mol. The van der Waals surface area contributed by atoms with Gasteiger partial charge in [0.1, 0.15) is 11.4 Å². The summed E-state index contributed by atoms with van der Waals surface area (Å²) in [7, 11) is 1.61. The normalized spacial score (nSPS) is 27.5. The number of carbonyl (C=O) groups is 2. The number of fused-ring (bicyclic) bond motifs is 3. The van der Waals surface area contributed by atoms with Crippen LogP contribution < -0.4 is 15.4 Å². The van der Waals surface area contributed by atoms with Gasteiger partial charge in [-0.05, 0) is 58.9 Å². The predicted octanol–water partition coefficient (Wildman–Crippen LogP) is 2.67. The number of carbonyl (C=O) groups excluding carboxylic acids is 2. The van der Waals surface area contributed by atoms with Crippen LogP contribution in [0, 0.1) is 0 Å². The Morgan fingerprint density at radius 2 is 1.81 bits per heavy atom. The summed E-state index contributed by atoms with van der Waals surface area (Å²) in [5.74, 6) is 0.388. The number of hydrogen-bond donors (Lipinski definition) is 3. The molecule has 3 fully saturated rings. The molecule has 172 valence electrons. The van der Waals surface area contributed by atoms with Crippen molar-refractivity contribution in [2.24, 2.45) is 0 Å². The molecule has 1 aromatic carbocycles. The first-order valence-corrected chi connectivity index (χ1v) is 10.8. The molecule has 0 saturated heterocycles. The van der Waals surface area contributed by atoms with Crippen LogP contribution in [0.3, 0.4) is 0 Å². The maximum absolute atomic E-state index is 12.6. The summed E-state index contributed by atoms with van der Waals surface area (Å²) in [6.45, 7) is 5.71. The van der Waals surface area contributed by atoms with Crippen LogP contribution in [0.25, 0.3) is 0 Å². The van der Waals surface area contributed by atoms with Crippen molar-refractivity contribution in [2.45, 2.75) is 82.3 Å². The maximum atomic E-state index is 12.6. The minimum atomic E-state index is -0.758. The number of ether oxygens (including phenoxy) is 3. The van der Waals surface area contributed by atoms with E-state index in [1.807, 2.05) is 24.3 Å². The van der Waals surface area contributed by atoms with E-state index in [1.54, 1.807) is 27.9 Å². The number of aliphatic hydroxyl groups is 1. The Hall–Kier alpha value is -2.32. The van der Waals surface area contributed by atoms with Crippen LogP contribution in [0.15, 0.2) is 24.3 Å². The van der Waals surface area contributed by atoms with Crippen molar-refractivity contribution in [3.05, 3.63) is 29.8 Å². The maximum Gasteiger partial charge on any atom is 0.408 e. The minimum Gasteiger partial charge on any atom is -0.483 e. The number of methoxy groups -OCH3 is 1. The van der Waals surface area contributed by atoms with Gasteiger partial charge >= 0.3 is 6.09 Å². The Morgan fingerprint density at radius 1 is 1.13 bits per heavy atom. The van der Waals surface area contributed by atoms with E-state index in [2.05, 4.69) is 10.6 Å². The number of aliphatic hydroxyl groups excluding tert-OH is 1. The molecule has 1 aromatic rings. The van der Waals surface area contributed by atoms with Crippen molar-refractivity contribution >= 4 is 12.0 Å². The lowest BCUT2D eigenvalue weighted by molar-refractivity contribution is -0.129. The topological polar surface area (TPSA) is 106 Å². The highest BCUT2D eigenvalue weighted by Crippen LogP contribution is 2.47. The molecule has 3 saturated carbocycles.